The predicted molar refractivity (Wildman–Crippen MR) is 54.6 cm³/mol. The van der Waals surface area contributed by atoms with Crippen molar-refractivity contribution in [3.8, 4) is 0 Å². The van der Waals surface area contributed by atoms with E-state index in [0.717, 1.165) is 24.9 Å². The molecule has 4 heteroatoms. The highest BCUT2D eigenvalue weighted by atomic mass is 16.3. The van der Waals surface area contributed by atoms with Crippen LogP contribution < -0.4 is 11.1 Å². The largest absolute Gasteiger partial charge is 0.393 e. The van der Waals surface area contributed by atoms with Gasteiger partial charge in [0.05, 0.1) is 6.10 Å². The van der Waals surface area contributed by atoms with Gasteiger partial charge in [-0.3, -0.25) is 0 Å². The topological polar surface area (TPSA) is 71.2 Å². The molecule has 14 heavy (non-hydrogen) atoms. The number of aliphatic hydroxyl groups excluding tert-OH is 1. The maximum atomic E-state index is 9.51. The second kappa shape index (κ2) is 3.94. The molecule has 2 heterocycles. The second-order valence-electron chi connectivity index (χ2n) is 3.70. The third-order valence-electron chi connectivity index (χ3n) is 2.59. The summed E-state index contributed by atoms with van der Waals surface area (Å²) in [6.07, 6.45) is 3.16. The van der Waals surface area contributed by atoms with Crippen molar-refractivity contribution in [2.24, 2.45) is 0 Å². The van der Waals surface area contributed by atoms with Gasteiger partial charge < -0.3 is 16.2 Å². The first-order valence-corrected chi connectivity index (χ1v) is 4.88. The summed E-state index contributed by atoms with van der Waals surface area (Å²) in [6.45, 7) is 0.857. The lowest BCUT2D eigenvalue weighted by Crippen LogP contribution is -2.34. The number of rotatable bonds is 1. The summed E-state index contributed by atoms with van der Waals surface area (Å²) in [5.41, 5.74) is 6.60. The van der Waals surface area contributed by atoms with Gasteiger partial charge in [0.15, 0.2) is 0 Å². The van der Waals surface area contributed by atoms with E-state index in [1.165, 1.54) is 0 Å². The van der Waals surface area contributed by atoms with E-state index in [2.05, 4.69) is 10.3 Å². The molecular formula is C10H15N3O. The van der Waals surface area contributed by atoms with Crippen molar-refractivity contribution in [1.82, 2.24) is 10.3 Å². The maximum Gasteiger partial charge on any atom is 0.123 e. The fourth-order valence-electron chi connectivity index (χ4n) is 1.77. The molecule has 0 saturated carbocycles. The Morgan fingerprint density at radius 3 is 3.00 bits per heavy atom. The molecule has 76 valence electrons. The third kappa shape index (κ3) is 2.02. The first-order chi connectivity index (χ1) is 6.75. The van der Waals surface area contributed by atoms with Crippen molar-refractivity contribution in [3.05, 3.63) is 23.9 Å². The fraction of sp³-hybridized carbons (Fsp3) is 0.500. The number of piperidine rings is 1. The van der Waals surface area contributed by atoms with Crippen molar-refractivity contribution in [2.75, 3.05) is 12.3 Å². The van der Waals surface area contributed by atoms with Crippen LogP contribution in [-0.4, -0.2) is 22.7 Å². The Hall–Kier alpha value is -1.13. The molecule has 0 amide bonds. The number of aromatic nitrogens is 1. The van der Waals surface area contributed by atoms with E-state index < -0.39 is 0 Å². The average molecular weight is 193 g/mol. The van der Waals surface area contributed by atoms with E-state index in [1.807, 2.05) is 6.07 Å². The van der Waals surface area contributed by atoms with Crippen LogP contribution in [-0.2, 0) is 0 Å². The van der Waals surface area contributed by atoms with E-state index in [0.29, 0.717) is 5.82 Å². The van der Waals surface area contributed by atoms with Crippen molar-refractivity contribution in [3.63, 3.8) is 0 Å². The van der Waals surface area contributed by atoms with Gasteiger partial charge in [0.2, 0.25) is 0 Å². The van der Waals surface area contributed by atoms with Gasteiger partial charge >= 0.3 is 0 Å². The van der Waals surface area contributed by atoms with Crippen LogP contribution in [0.5, 0.6) is 0 Å². The van der Waals surface area contributed by atoms with Crippen LogP contribution in [0.1, 0.15) is 24.4 Å². The molecule has 1 saturated heterocycles. The normalized spacial score (nSPS) is 27.5. The molecule has 4 nitrogen and oxygen atoms in total. The number of nitrogens with one attached hydrogen (secondary N) is 1. The molecule has 2 unspecified atom stereocenters. The third-order valence-corrected chi connectivity index (χ3v) is 2.59. The van der Waals surface area contributed by atoms with Crippen molar-refractivity contribution in [2.45, 2.75) is 25.0 Å². The molecule has 1 aliphatic rings. The molecule has 1 aromatic heterocycles. The molecule has 0 aliphatic carbocycles. The molecule has 0 radical (unpaired) electrons. The lowest BCUT2D eigenvalue weighted by molar-refractivity contribution is 0.116. The van der Waals surface area contributed by atoms with Crippen LogP contribution in [0.15, 0.2) is 18.3 Å². The SMILES string of the molecule is Nc1ccc(C2CC(O)CCN2)cn1. The van der Waals surface area contributed by atoms with Crippen LogP contribution in [0.4, 0.5) is 5.82 Å². The standard InChI is InChI=1S/C10H15N3O/c11-10-2-1-7(6-13-10)9-5-8(14)3-4-12-9/h1-2,6,8-9,12,14H,3-5H2,(H2,11,13). The molecule has 2 atom stereocenters. The highest BCUT2D eigenvalue weighted by Crippen LogP contribution is 2.22. The molecule has 1 aromatic rings. The Kier molecular flexibility index (Phi) is 2.65. The van der Waals surface area contributed by atoms with Gasteiger partial charge in [-0.15, -0.1) is 0 Å². The summed E-state index contributed by atoms with van der Waals surface area (Å²) < 4.78 is 0. The van der Waals surface area contributed by atoms with Crippen LogP contribution >= 0.6 is 0 Å². The highest BCUT2D eigenvalue weighted by Gasteiger charge is 2.20. The maximum absolute atomic E-state index is 9.51. The zero-order valence-corrected chi connectivity index (χ0v) is 7.98. The first kappa shape index (κ1) is 9.43. The van der Waals surface area contributed by atoms with E-state index in [1.54, 1.807) is 12.3 Å². The smallest absolute Gasteiger partial charge is 0.123 e. The monoisotopic (exact) mass is 193 g/mol. The fourth-order valence-corrected chi connectivity index (χ4v) is 1.77. The zero-order valence-electron chi connectivity index (χ0n) is 7.98. The van der Waals surface area contributed by atoms with Gasteiger partial charge in [-0.05, 0) is 31.0 Å². The first-order valence-electron chi connectivity index (χ1n) is 4.88. The molecule has 4 N–H and O–H groups in total. The minimum atomic E-state index is -0.196. The van der Waals surface area contributed by atoms with Gasteiger partial charge in [0.1, 0.15) is 5.82 Å². The van der Waals surface area contributed by atoms with Gasteiger partial charge in [0.25, 0.3) is 0 Å². The molecule has 1 aliphatic heterocycles. The molecule has 0 bridgehead atoms. The summed E-state index contributed by atoms with van der Waals surface area (Å²) in [5, 5.41) is 12.9. The number of hydrogen-bond donors (Lipinski definition) is 3. The van der Waals surface area contributed by atoms with Gasteiger partial charge in [-0.1, -0.05) is 6.07 Å². The summed E-state index contributed by atoms with van der Waals surface area (Å²) in [4.78, 5) is 4.04. The zero-order chi connectivity index (χ0) is 9.97. The quantitative estimate of drug-likeness (QED) is 0.605. The summed E-state index contributed by atoms with van der Waals surface area (Å²) in [7, 11) is 0. The molecule has 0 aromatic carbocycles. The molecule has 0 spiro atoms. The summed E-state index contributed by atoms with van der Waals surface area (Å²) in [5.74, 6) is 0.533. The number of pyridine rings is 1. The lowest BCUT2D eigenvalue weighted by Gasteiger charge is -2.27. The molecule has 2 rings (SSSR count). The van der Waals surface area contributed by atoms with Crippen LogP contribution in [0.3, 0.4) is 0 Å². The summed E-state index contributed by atoms with van der Waals surface area (Å²) in [6, 6.07) is 3.96. The Morgan fingerprint density at radius 2 is 2.36 bits per heavy atom. The highest BCUT2D eigenvalue weighted by molar-refractivity contribution is 5.30. The Balaban J connectivity index is 2.10. The number of nitrogen functional groups attached to an aromatic ring is 1. The number of nitrogens with two attached hydrogens (primary N) is 1. The number of nitrogens with zero attached hydrogens (tertiary/aromatic N) is 1. The Bertz CT molecular complexity index is 299. The van der Waals surface area contributed by atoms with E-state index >= 15 is 0 Å². The minimum absolute atomic E-state index is 0.196. The Morgan fingerprint density at radius 1 is 1.50 bits per heavy atom. The minimum Gasteiger partial charge on any atom is -0.393 e. The van der Waals surface area contributed by atoms with Gasteiger partial charge in [0, 0.05) is 12.2 Å². The number of anilines is 1. The van der Waals surface area contributed by atoms with Crippen LogP contribution in [0, 0.1) is 0 Å². The van der Waals surface area contributed by atoms with Gasteiger partial charge in [-0.25, -0.2) is 4.98 Å². The van der Waals surface area contributed by atoms with Crippen LogP contribution in [0.25, 0.3) is 0 Å². The predicted octanol–water partition coefficient (Wildman–Crippen LogP) is 0.449. The van der Waals surface area contributed by atoms with Gasteiger partial charge in [-0.2, -0.15) is 0 Å². The average Bonchev–Trinajstić information content (AvgIpc) is 2.19. The molecule has 1 fully saturated rings. The molecular weight excluding hydrogens is 178 g/mol. The van der Waals surface area contributed by atoms with E-state index in [-0.39, 0.29) is 12.1 Å². The van der Waals surface area contributed by atoms with Crippen molar-refractivity contribution in [1.29, 1.82) is 0 Å². The van der Waals surface area contributed by atoms with Crippen LogP contribution in [0.2, 0.25) is 0 Å². The summed E-state index contributed by atoms with van der Waals surface area (Å²) >= 11 is 0. The second-order valence-corrected chi connectivity index (χ2v) is 3.70. The Labute approximate surface area is 83.2 Å². The number of hydrogen-bond acceptors (Lipinski definition) is 4. The van der Waals surface area contributed by atoms with E-state index in [9.17, 15) is 5.11 Å². The van der Waals surface area contributed by atoms with Crippen molar-refractivity contribution >= 4 is 5.82 Å². The van der Waals surface area contributed by atoms with Crippen molar-refractivity contribution < 1.29 is 5.11 Å². The lowest BCUT2D eigenvalue weighted by atomic mass is 9.97. The number of aliphatic hydroxyl groups is 1. The van der Waals surface area contributed by atoms with E-state index in [4.69, 9.17) is 5.73 Å².